The molecular weight excluding hydrogens is 480 g/mol. The van der Waals surface area contributed by atoms with Crippen LogP contribution in [0.1, 0.15) is 31.4 Å². The Labute approximate surface area is 204 Å². The summed E-state index contributed by atoms with van der Waals surface area (Å²) in [5.41, 5.74) is 2.26. The van der Waals surface area contributed by atoms with E-state index in [0.29, 0.717) is 50.1 Å². The second kappa shape index (κ2) is 9.05. The van der Waals surface area contributed by atoms with E-state index in [9.17, 15) is 4.39 Å². The zero-order valence-corrected chi connectivity index (χ0v) is 19.5. The predicted molar refractivity (Wildman–Crippen MR) is 126 cm³/mol. The van der Waals surface area contributed by atoms with Crippen LogP contribution >= 0.6 is 23.2 Å². The summed E-state index contributed by atoms with van der Waals surface area (Å²) in [6.07, 6.45) is 7.03. The van der Waals surface area contributed by atoms with Gasteiger partial charge >= 0.3 is 0 Å². The summed E-state index contributed by atoms with van der Waals surface area (Å²) < 4.78 is 20.7. The Morgan fingerprint density at radius 1 is 1.24 bits per heavy atom. The SMILES string of the molecule is C[C@@H](Oc1cc2c(-c3cnc(N4CC[C@@H]4CC#N)nc3)n[nH]c2cc1F)c1c(Cl)cncc1Cl. The van der Waals surface area contributed by atoms with Gasteiger partial charge in [-0.1, -0.05) is 23.2 Å². The molecule has 4 heterocycles. The van der Waals surface area contributed by atoms with E-state index in [1.54, 1.807) is 25.4 Å². The third-order valence-corrected chi connectivity index (χ3v) is 6.46. The largest absolute Gasteiger partial charge is 0.483 e. The number of benzene rings is 1. The fraction of sp³-hybridized carbons (Fsp3) is 0.261. The maximum atomic E-state index is 14.8. The number of hydrogen-bond donors (Lipinski definition) is 1. The Hall–Kier alpha value is -3.48. The number of fused-ring (bicyclic) bond motifs is 1. The van der Waals surface area contributed by atoms with Crippen molar-refractivity contribution in [1.29, 1.82) is 5.26 Å². The number of anilines is 1. The average Bonchev–Trinajstić information content (AvgIpc) is 3.20. The summed E-state index contributed by atoms with van der Waals surface area (Å²) in [6.45, 7) is 2.55. The maximum Gasteiger partial charge on any atom is 0.225 e. The standard InChI is InChI=1S/C23H18Cl2FN7O/c1-12(21-16(24)10-28-11-17(21)25)34-20-6-15-19(7-18(20)26)31-32-22(15)13-8-29-23(30-9-13)33-5-3-14(33)2-4-27/h6-12,14H,2-3,5H2,1H3,(H,31,32)/t12-,14+/m1/s1. The number of aromatic nitrogens is 5. The molecule has 0 spiro atoms. The molecule has 2 atom stereocenters. The van der Waals surface area contributed by atoms with Crippen molar-refractivity contribution >= 4 is 40.1 Å². The number of hydrogen-bond acceptors (Lipinski definition) is 7. The molecule has 1 saturated heterocycles. The predicted octanol–water partition coefficient (Wildman–Crippen LogP) is 5.49. The van der Waals surface area contributed by atoms with Crippen molar-refractivity contribution in [3.63, 3.8) is 0 Å². The second-order valence-electron chi connectivity index (χ2n) is 7.95. The third kappa shape index (κ3) is 4.00. The first kappa shape index (κ1) is 22.3. The Kier molecular flexibility index (Phi) is 5.94. The molecule has 1 fully saturated rings. The molecule has 3 aromatic heterocycles. The molecule has 34 heavy (non-hydrogen) atoms. The second-order valence-corrected chi connectivity index (χ2v) is 8.76. The van der Waals surface area contributed by atoms with Crippen molar-refractivity contribution in [3.05, 3.63) is 58.3 Å². The Morgan fingerprint density at radius 3 is 2.62 bits per heavy atom. The van der Waals surface area contributed by atoms with Crippen molar-refractivity contribution in [2.24, 2.45) is 0 Å². The number of halogens is 3. The van der Waals surface area contributed by atoms with Crippen molar-refractivity contribution in [3.8, 4) is 23.1 Å². The highest BCUT2D eigenvalue weighted by molar-refractivity contribution is 6.35. The van der Waals surface area contributed by atoms with Crippen LogP contribution in [0.2, 0.25) is 10.0 Å². The van der Waals surface area contributed by atoms with Gasteiger partial charge in [-0.2, -0.15) is 10.4 Å². The van der Waals surface area contributed by atoms with Crippen molar-refractivity contribution in [2.75, 3.05) is 11.4 Å². The molecule has 11 heteroatoms. The van der Waals surface area contributed by atoms with Gasteiger partial charge in [-0.15, -0.1) is 0 Å². The number of nitrogens with one attached hydrogen (secondary N) is 1. The zero-order chi connectivity index (χ0) is 23.8. The molecule has 172 valence electrons. The lowest BCUT2D eigenvalue weighted by Crippen LogP contribution is -2.48. The van der Waals surface area contributed by atoms with Crippen LogP contribution in [0.25, 0.3) is 22.2 Å². The first-order valence-corrected chi connectivity index (χ1v) is 11.3. The molecular formula is C23H18Cl2FN7O. The number of pyridine rings is 1. The highest BCUT2D eigenvalue weighted by atomic mass is 35.5. The first-order valence-electron chi connectivity index (χ1n) is 10.6. The molecule has 0 amide bonds. The quantitative estimate of drug-likeness (QED) is 0.375. The van der Waals surface area contributed by atoms with Gasteiger partial charge in [-0.05, 0) is 19.4 Å². The van der Waals surface area contributed by atoms with Gasteiger partial charge in [-0.3, -0.25) is 10.1 Å². The Bertz CT molecular complexity index is 1380. The lowest BCUT2D eigenvalue weighted by atomic mass is 10.0. The van der Waals surface area contributed by atoms with Gasteiger partial charge < -0.3 is 9.64 Å². The van der Waals surface area contributed by atoms with Gasteiger partial charge in [0.05, 0.1) is 28.1 Å². The molecule has 0 bridgehead atoms. The van der Waals surface area contributed by atoms with Gasteiger partial charge in [0, 0.05) is 60.0 Å². The summed E-state index contributed by atoms with van der Waals surface area (Å²) in [6, 6.07) is 5.24. The van der Waals surface area contributed by atoms with Crippen LogP contribution in [0.5, 0.6) is 5.75 Å². The average molecular weight is 498 g/mol. The fourth-order valence-corrected chi connectivity index (χ4v) is 4.67. The van der Waals surface area contributed by atoms with Crippen molar-refractivity contribution < 1.29 is 9.13 Å². The minimum atomic E-state index is -0.620. The molecule has 1 aromatic carbocycles. The number of rotatable bonds is 6. The summed E-state index contributed by atoms with van der Waals surface area (Å²) in [4.78, 5) is 14.9. The molecule has 1 aliphatic heterocycles. The van der Waals surface area contributed by atoms with Crippen LogP contribution in [0, 0.1) is 17.1 Å². The number of aromatic amines is 1. The van der Waals surface area contributed by atoms with Crippen LogP contribution in [-0.2, 0) is 0 Å². The van der Waals surface area contributed by atoms with Crippen LogP contribution in [0.15, 0.2) is 36.9 Å². The van der Waals surface area contributed by atoms with E-state index in [2.05, 4.69) is 31.2 Å². The van der Waals surface area contributed by atoms with E-state index in [-0.39, 0.29) is 11.8 Å². The number of H-pyrrole nitrogens is 1. The minimum absolute atomic E-state index is 0.0315. The molecule has 4 aromatic rings. The van der Waals surface area contributed by atoms with Gasteiger partial charge in [0.25, 0.3) is 0 Å². The van der Waals surface area contributed by atoms with E-state index in [1.165, 1.54) is 18.5 Å². The molecule has 1 N–H and O–H groups in total. The first-order chi connectivity index (χ1) is 16.5. The lowest BCUT2D eigenvalue weighted by molar-refractivity contribution is 0.217. The summed E-state index contributed by atoms with van der Waals surface area (Å²) in [5, 5.41) is 17.4. The normalized spacial score (nSPS) is 16.2. The van der Waals surface area contributed by atoms with Gasteiger partial charge in [-0.25, -0.2) is 14.4 Å². The monoisotopic (exact) mass is 497 g/mol. The van der Waals surface area contributed by atoms with Crippen LogP contribution < -0.4 is 9.64 Å². The van der Waals surface area contributed by atoms with Gasteiger partial charge in [0.15, 0.2) is 11.6 Å². The van der Waals surface area contributed by atoms with E-state index >= 15 is 0 Å². The number of nitrogens with zero attached hydrogens (tertiary/aromatic N) is 6. The zero-order valence-electron chi connectivity index (χ0n) is 18.0. The Morgan fingerprint density at radius 2 is 1.97 bits per heavy atom. The minimum Gasteiger partial charge on any atom is -0.483 e. The topological polar surface area (TPSA) is 104 Å². The molecule has 1 aliphatic rings. The third-order valence-electron chi connectivity index (χ3n) is 5.86. The smallest absolute Gasteiger partial charge is 0.225 e. The molecule has 0 saturated carbocycles. The van der Waals surface area contributed by atoms with E-state index in [1.807, 2.05) is 4.90 Å². The van der Waals surface area contributed by atoms with E-state index in [0.717, 1.165) is 13.0 Å². The summed E-state index contributed by atoms with van der Waals surface area (Å²) in [7, 11) is 0. The molecule has 8 nitrogen and oxygen atoms in total. The van der Waals surface area contributed by atoms with Crippen LogP contribution in [0.4, 0.5) is 10.3 Å². The van der Waals surface area contributed by atoms with Gasteiger partial charge in [0.2, 0.25) is 5.95 Å². The number of ether oxygens (including phenoxy) is 1. The molecule has 5 rings (SSSR count). The lowest BCUT2D eigenvalue weighted by Gasteiger charge is -2.39. The van der Waals surface area contributed by atoms with Gasteiger partial charge in [0.1, 0.15) is 11.8 Å². The maximum absolute atomic E-state index is 14.8. The molecule has 0 unspecified atom stereocenters. The fourth-order valence-electron chi connectivity index (χ4n) is 4.00. The van der Waals surface area contributed by atoms with Crippen LogP contribution in [0.3, 0.4) is 0 Å². The summed E-state index contributed by atoms with van der Waals surface area (Å²) >= 11 is 12.4. The highest BCUT2D eigenvalue weighted by Crippen LogP contribution is 2.36. The Balaban J connectivity index is 1.44. The molecule has 0 aliphatic carbocycles. The van der Waals surface area contributed by atoms with Crippen LogP contribution in [-0.4, -0.2) is 37.7 Å². The highest BCUT2D eigenvalue weighted by Gasteiger charge is 2.29. The molecule has 0 radical (unpaired) electrons. The van der Waals surface area contributed by atoms with E-state index < -0.39 is 11.9 Å². The number of nitriles is 1. The van der Waals surface area contributed by atoms with Crippen molar-refractivity contribution in [1.82, 2.24) is 25.1 Å². The van der Waals surface area contributed by atoms with E-state index in [4.69, 9.17) is 33.2 Å². The summed E-state index contributed by atoms with van der Waals surface area (Å²) in [5.74, 6) is 0.0536. The van der Waals surface area contributed by atoms with Crippen molar-refractivity contribution in [2.45, 2.75) is 31.9 Å².